The molecule has 2 N–H and O–H groups in total. The lowest BCUT2D eigenvalue weighted by Crippen LogP contribution is -2.16. The summed E-state index contributed by atoms with van der Waals surface area (Å²) < 4.78 is 26.6. The average molecular weight is 255 g/mol. The molecule has 3 nitrogen and oxygen atoms in total. The quantitative estimate of drug-likeness (QED) is 0.766. The van der Waals surface area contributed by atoms with E-state index in [0.29, 0.717) is 6.07 Å². The molecule has 98 valence electrons. The highest BCUT2D eigenvalue weighted by molar-refractivity contribution is 5.89. The molecule has 0 spiro atoms. The Kier molecular flexibility index (Phi) is 4.83. The molecule has 0 bridgehead atoms. The molecule has 0 aliphatic carbocycles. The second-order valence-electron chi connectivity index (χ2n) is 4.03. The van der Waals surface area contributed by atoms with Crippen molar-refractivity contribution in [3.05, 3.63) is 42.0 Å². The minimum absolute atomic E-state index is 0.00892. The zero-order chi connectivity index (χ0) is 13.7. The predicted octanol–water partition coefficient (Wildman–Crippen LogP) is 3.43. The van der Waals surface area contributed by atoms with Crippen molar-refractivity contribution in [1.82, 2.24) is 0 Å². The van der Waals surface area contributed by atoms with Gasteiger partial charge in [0.05, 0.1) is 11.3 Å². The molecule has 0 saturated heterocycles. The summed E-state index contributed by atoms with van der Waals surface area (Å²) in [6.07, 6.45) is 3.22. The molecule has 1 atom stereocenters. The van der Waals surface area contributed by atoms with Crippen molar-refractivity contribution in [3.8, 4) is 0 Å². The largest absolute Gasteiger partial charge is 0.478 e. The number of halogens is 2. The minimum atomic E-state index is -1.42. The number of hydrogen-bond acceptors (Lipinski definition) is 2. The molecule has 18 heavy (non-hydrogen) atoms. The first-order chi connectivity index (χ1) is 8.45. The van der Waals surface area contributed by atoms with Crippen molar-refractivity contribution < 1.29 is 18.7 Å². The molecule has 0 saturated carbocycles. The van der Waals surface area contributed by atoms with Crippen molar-refractivity contribution in [2.45, 2.75) is 25.8 Å². The van der Waals surface area contributed by atoms with E-state index in [2.05, 4.69) is 11.9 Å². The standard InChI is InChI=1S/C13H15F2NO2/c1-3-4-5-8(2)16-12-6-9(13(17)18)10(14)7-11(12)15/h3,6-8,16H,1,4-5H2,2H3,(H,17,18). The number of allylic oxidation sites excluding steroid dienone is 1. The lowest BCUT2D eigenvalue weighted by Gasteiger charge is -2.15. The third kappa shape index (κ3) is 3.55. The smallest absolute Gasteiger partial charge is 0.338 e. The van der Waals surface area contributed by atoms with Crippen LogP contribution in [0.3, 0.4) is 0 Å². The lowest BCUT2D eigenvalue weighted by molar-refractivity contribution is 0.0692. The highest BCUT2D eigenvalue weighted by Crippen LogP contribution is 2.21. The van der Waals surface area contributed by atoms with E-state index < -0.39 is 23.2 Å². The summed E-state index contributed by atoms with van der Waals surface area (Å²) in [7, 11) is 0. The zero-order valence-corrected chi connectivity index (χ0v) is 10.0. The van der Waals surface area contributed by atoms with Gasteiger partial charge in [-0.1, -0.05) is 6.08 Å². The van der Waals surface area contributed by atoms with Gasteiger partial charge in [0.15, 0.2) is 0 Å². The van der Waals surface area contributed by atoms with E-state index >= 15 is 0 Å². The number of carboxylic acids is 1. The maximum atomic E-state index is 13.5. The van der Waals surface area contributed by atoms with E-state index in [1.807, 2.05) is 6.92 Å². The van der Waals surface area contributed by atoms with E-state index in [1.165, 1.54) is 0 Å². The van der Waals surface area contributed by atoms with Crippen LogP contribution in [0.15, 0.2) is 24.8 Å². The summed E-state index contributed by atoms with van der Waals surface area (Å²) in [4.78, 5) is 10.7. The van der Waals surface area contributed by atoms with Crippen LogP contribution in [0.1, 0.15) is 30.1 Å². The zero-order valence-electron chi connectivity index (χ0n) is 10.0. The van der Waals surface area contributed by atoms with Crippen LogP contribution in [0, 0.1) is 11.6 Å². The summed E-state index contributed by atoms with van der Waals surface area (Å²) >= 11 is 0. The molecule has 0 aromatic heterocycles. The molecule has 0 aliphatic heterocycles. The molecule has 0 amide bonds. The summed E-state index contributed by atoms with van der Waals surface area (Å²) in [5, 5.41) is 11.6. The van der Waals surface area contributed by atoms with Gasteiger partial charge in [-0.05, 0) is 25.8 Å². The molecule has 1 aromatic rings. The lowest BCUT2D eigenvalue weighted by atomic mass is 10.1. The van der Waals surface area contributed by atoms with Crippen molar-refractivity contribution in [1.29, 1.82) is 0 Å². The molecule has 5 heteroatoms. The van der Waals surface area contributed by atoms with Crippen LogP contribution in [0.25, 0.3) is 0 Å². The SMILES string of the molecule is C=CCCC(C)Nc1cc(C(=O)O)c(F)cc1F. The number of benzene rings is 1. The number of nitrogens with one attached hydrogen (secondary N) is 1. The van der Waals surface area contributed by atoms with Gasteiger partial charge in [0.2, 0.25) is 0 Å². The van der Waals surface area contributed by atoms with Gasteiger partial charge in [-0.25, -0.2) is 13.6 Å². The first kappa shape index (κ1) is 14.2. The van der Waals surface area contributed by atoms with E-state index in [1.54, 1.807) is 6.08 Å². The third-order valence-corrected chi connectivity index (χ3v) is 2.49. The van der Waals surface area contributed by atoms with E-state index in [0.717, 1.165) is 18.9 Å². The second-order valence-corrected chi connectivity index (χ2v) is 4.03. The van der Waals surface area contributed by atoms with Crippen molar-refractivity contribution in [3.63, 3.8) is 0 Å². The molecular formula is C13H15F2NO2. The van der Waals surface area contributed by atoms with Crippen LogP contribution < -0.4 is 5.32 Å². The van der Waals surface area contributed by atoms with Gasteiger partial charge in [-0.2, -0.15) is 0 Å². The van der Waals surface area contributed by atoms with Crippen LogP contribution >= 0.6 is 0 Å². The molecular weight excluding hydrogens is 240 g/mol. The Bertz CT molecular complexity index is 461. The Balaban J connectivity index is 2.91. The summed E-state index contributed by atoms with van der Waals surface area (Å²) in [6, 6.07) is 1.48. The van der Waals surface area contributed by atoms with Crippen molar-refractivity contribution >= 4 is 11.7 Å². The summed E-state index contributed by atoms with van der Waals surface area (Å²) in [6.45, 7) is 5.40. The molecule has 1 unspecified atom stereocenters. The van der Waals surface area contributed by atoms with E-state index in [-0.39, 0.29) is 11.7 Å². The van der Waals surface area contributed by atoms with Gasteiger partial charge in [0, 0.05) is 12.1 Å². The van der Waals surface area contributed by atoms with Crippen LogP contribution in [-0.4, -0.2) is 17.1 Å². The Morgan fingerprint density at radius 1 is 1.50 bits per heavy atom. The summed E-state index contributed by atoms with van der Waals surface area (Å²) in [5.74, 6) is -3.30. The number of carbonyl (C=O) groups is 1. The number of rotatable bonds is 6. The molecule has 1 rings (SSSR count). The number of aromatic carboxylic acids is 1. The van der Waals surface area contributed by atoms with E-state index in [9.17, 15) is 13.6 Å². The van der Waals surface area contributed by atoms with Gasteiger partial charge in [-0.15, -0.1) is 6.58 Å². The highest BCUT2D eigenvalue weighted by atomic mass is 19.1. The molecule has 0 heterocycles. The number of anilines is 1. The Hall–Kier alpha value is -1.91. The Labute approximate surface area is 104 Å². The fourth-order valence-corrected chi connectivity index (χ4v) is 1.53. The molecule has 0 fully saturated rings. The first-order valence-corrected chi connectivity index (χ1v) is 5.55. The molecule has 0 aliphatic rings. The average Bonchev–Trinajstić information content (AvgIpc) is 2.29. The Morgan fingerprint density at radius 3 is 2.72 bits per heavy atom. The second kappa shape index (κ2) is 6.14. The van der Waals surface area contributed by atoms with Crippen LogP contribution in [0.5, 0.6) is 0 Å². The first-order valence-electron chi connectivity index (χ1n) is 5.55. The number of carboxylic acid groups (broad SMARTS) is 1. The normalized spacial score (nSPS) is 11.9. The Morgan fingerprint density at radius 2 is 2.17 bits per heavy atom. The molecule has 0 radical (unpaired) electrons. The number of hydrogen-bond donors (Lipinski definition) is 2. The van der Waals surface area contributed by atoms with Gasteiger partial charge in [0.25, 0.3) is 0 Å². The molecule has 1 aromatic carbocycles. The maximum Gasteiger partial charge on any atom is 0.338 e. The van der Waals surface area contributed by atoms with Gasteiger partial charge in [-0.3, -0.25) is 0 Å². The fraction of sp³-hybridized carbons (Fsp3) is 0.308. The van der Waals surface area contributed by atoms with Crippen LogP contribution in [-0.2, 0) is 0 Å². The predicted molar refractivity (Wildman–Crippen MR) is 65.8 cm³/mol. The van der Waals surface area contributed by atoms with Gasteiger partial charge >= 0.3 is 5.97 Å². The van der Waals surface area contributed by atoms with Crippen LogP contribution in [0.2, 0.25) is 0 Å². The highest BCUT2D eigenvalue weighted by Gasteiger charge is 2.16. The van der Waals surface area contributed by atoms with Crippen LogP contribution in [0.4, 0.5) is 14.5 Å². The topological polar surface area (TPSA) is 49.3 Å². The van der Waals surface area contributed by atoms with Gasteiger partial charge in [0.1, 0.15) is 11.6 Å². The third-order valence-electron chi connectivity index (χ3n) is 2.49. The fourth-order valence-electron chi connectivity index (χ4n) is 1.53. The summed E-state index contributed by atoms with van der Waals surface area (Å²) in [5.41, 5.74) is -0.555. The van der Waals surface area contributed by atoms with Crippen molar-refractivity contribution in [2.75, 3.05) is 5.32 Å². The van der Waals surface area contributed by atoms with Gasteiger partial charge < -0.3 is 10.4 Å². The maximum absolute atomic E-state index is 13.5. The monoisotopic (exact) mass is 255 g/mol. The van der Waals surface area contributed by atoms with E-state index in [4.69, 9.17) is 5.11 Å². The van der Waals surface area contributed by atoms with Crippen molar-refractivity contribution in [2.24, 2.45) is 0 Å². The minimum Gasteiger partial charge on any atom is -0.478 e.